The number of aromatic hydroxyl groups is 1. The molecule has 0 bridgehead atoms. The van der Waals surface area contributed by atoms with Crippen LogP contribution in [0.25, 0.3) is 0 Å². The molecule has 1 aromatic rings. The van der Waals surface area contributed by atoms with Crippen LogP contribution in [0.2, 0.25) is 0 Å². The second-order valence-corrected chi connectivity index (χ2v) is 4.97. The van der Waals surface area contributed by atoms with Crippen molar-refractivity contribution in [2.75, 3.05) is 6.61 Å². The fourth-order valence-corrected chi connectivity index (χ4v) is 1.78. The van der Waals surface area contributed by atoms with Crippen molar-refractivity contribution in [2.45, 2.75) is 31.5 Å². The Labute approximate surface area is 144 Å². The molecule has 0 saturated carbocycles. The Morgan fingerprint density at radius 3 is 2.31 bits per heavy atom. The topological polar surface area (TPSA) is 53.9 Å². The Bertz CT molecular complexity index is 673. The van der Waals surface area contributed by atoms with E-state index in [9.17, 15) is 35.8 Å². The van der Waals surface area contributed by atoms with Gasteiger partial charge in [-0.05, 0) is 31.0 Å². The molecule has 0 radical (unpaired) electrons. The smallest absolute Gasteiger partial charge is 0.462 e. The van der Waals surface area contributed by atoms with Crippen LogP contribution in [0.1, 0.15) is 18.1 Å². The summed E-state index contributed by atoms with van der Waals surface area (Å²) in [4.78, 5) is 0. The van der Waals surface area contributed by atoms with E-state index in [1.54, 1.807) is 6.92 Å². The maximum Gasteiger partial charge on any atom is 0.462 e. The third kappa shape index (κ3) is 4.58. The molecule has 1 aromatic carbocycles. The summed E-state index contributed by atoms with van der Waals surface area (Å²) in [5.74, 6) is -6.61. The Morgan fingerprint density at radius 2 is 1.81 bits per heavy atom. The van der Waals surface area contributed by atoms with Crippen LogP contribution in [-0.2, 0) is 6.42 Å². The average Bonchev–Trinajstić information content (AvgIpc) is 2.50. The number of hydrogen-bond acceptors (Lipinski definition) is 4. The monoisotopic (exact) mass is 388 g/mol. The second-order valence-electron chi connectivity index (χ2n) is 4.97. The minimum Gasteiger partial charge on any atom is -0.504 e. The zero-order valence-electron chi connectivity index (χ0n) is 13.4. The number of nitrogens with one attached hydrogen (secondary N) is 1. The maximum atomic E-state index is 13.1. The molecule has 0 aliphatic carbocycles. The van der Waals surface area contributed by atoms with E-state index in [-0.39, 0.29) is 35.7 Å². The minimum atomic E-state index is -6.46. The molecular weight excluding hydrogens is 373 g/mol. The van der Waals surface area contributed by atoms with Gasteiger partial charge in [-0.25, -0.2) is 5.43 Å². The quantitative estimate of drug-likeness (QED) is 0.230. The number of phenolic OH excluding ortho intramolecular Hbond substituents is 1. The lowest BCUT2D eigenvalue weighted by Gasteiger charge is -2.27. The van der Waals surface area contributed by atoms with Crippen molar-refractivity contribution in [3.05, 3.63) is 35.9 Å². The van der Waals surface area contributed by atoms with E-state index in [1.165, 1.54) is 12.1 Å². The number of halogens is 7. The molecule has 0 unspecified atom stereocenters. The van der Waals surface area contributed by atoms with Gasteiger partial charge in [-0.1, -0.05) is 6.08 Å². The third-order valence-corrected chi connectivity index (χ3v) is 3.01. The first kappa shape index (κ1) is 21.6. The highest BCUT2D eigenvalue weighted by atomic mass is 19.4. The van der Waals surface area contributed by atoms with E-state index < -0.39 is 18.1 Å². The molecule has 11 heteroatoms. The van der Waals surface area contributed by atoms with Crippen LogP contribution >= 0.6 is 0 Å². The Hall–Kier alpha value is -2.46. The maximum absolute atomic E-state index is 13.1. The van der Waals surface area contributed by atoms with Gasteiger partial charge in [0.15, 0.2) is 11.5 Å². The van der Waals surface area contributed by atoms with Crippen molar-refractivity contribution in [1.82, 2.24) is 5.43 Å². The van der Waals surface area contributed by atoms with Crippen molar-refractivity contribution >= 4 is 6.21 Å². The largest absolute Gasteiger partial charge is 0.504 e. The molecule has 0 aliphatic heterocycles. The van der Waals surface area contributed by atoms with Crippen LogP contribution in [0.5, 0.6) is 11.5 Å². The van der Waals surface area contributed by atoms with Gasteiger partial charge >= 0.3 is 18.1 Å². The minimum absolute atomic E-state index is 0.0155. The van der Waals surface area contributed by atoms with Crippen LogP contribution in [0.3, 0.4) is 0 Å². The normalized spacial score (nSPS) is 13.1. The van der Waals surface area contributed by atoms with E-state index in [1.807, 2.05) is 0 Å². The first-order valence-corrected chi connectivity index (χ1v) is 7.09. The average molecular weight is 388 g/mol. The lowest BCUT2D eigenvalue weighted by Crippen LogP contribution is -2.58. The van der Waals surface area contributed by atoms with Crippen LogP contribution in [0.4, 0.5) is 30.7 Å². The van der Waals surface area contributed by atoms with Gasteiger partial charge < -0.3 is 9.84 Å². The van der Waals surface area contributed by atoms with Crippen LogP contribution < -0.4 is 10.2 Å². The summed E-state index contributed by atoms with van der Waals surface area (Å²) in [6.45, 7) is 5.21. The molecule has 4 nitrogen and oxygen atoms in total. The SMILES string of the molecule is C=CCc1cc(/C=N/NC(F)(F)C(F)(F)C(F)(F)F)cc(OCC)c1O. The number of alkyl halides is 7. The highest BCUT2D eigenvalue weighted by Gasteiger charge is 2.73. The summed E-state index contributed by atoms with van der Waals surface area (Å²) >= 11 is 0. The molecule has 26 heavy (non-hydrogen) atoms. The van der Waals surface area contributed by atoms with Crippen LogP contribution in [-0.4, -0.2) is 36.1 Å². The Morgan fingerprint density at radius 1 is 1.19 bits per heavy atom. The molecule has 0 atom stereocenters. The second kappa shape index (κ2) is 7.83. The molecule has 0 spiro atoms. The molecule has 0 fully saturated rings. The van der Waals surface area contributed by atoms with Gasteiger partial charge in [-0.2, -0.15) is 35.8 Å². The van der Waals surface area contributed by atoms with Crippen molar-refractivity contribution in [3.8, 4) is 11.5 Å². The number of hydrogen-bond donors (Lipinski definition) is 2. The standard InChI is InChI=1S/C15H15F7N2O2/c1-3-5-10-6-9(7-11(12(10)25)26-4-2)8-23-24-15(21,22)13(16,17)14(18,19)20/h3,6-8,24-25H,1,4-5H2,2H3/b23-8+. The highest BCUT2D eigenvalue weighted by Crippen LogP contribution is 2.45. The summed E-state index contributed by atoms with van der Waals surface area (Å²) in [5, 5.41) is 12.7. The summed E-state index contributed by atoms with van der Waals surface area (Å²) < 4.78 is 92.9. The first-order chi connectivity index (χ1) is 11.9. The van der Waals surface area contributed by atoms with Gasteiger partial charge in [-0.15, -0.1) is 6.58 Å². The lowest BCUT2D eigenvalue weighted by atomic mass is 10.1. The van der Waals surface area contributed by atoms with E-state index in [4.69, 9.17) is 4.74 Å². The summed E-state index contributed by atoms with van der Waals surface area (Å²) in [6, 6.07) is -3.26. The van der Waals surface area contributed by atoms with Gasteiger partial charge in [0.2, 0.25) is 0 Å². The third-order valence-electron chi connectivity index (χ3n) is 3.01. The molecule has 1 rings (SSSR count). The Kier molecular flexibility index (Phi) is 6.50. The fourth-order valence-electron chi connectivity index (χ4n) is 1.78. The Balaban J connectivity index is 3.09. The van der Waals surface area contributed by atoms with E-state index in [0.717, 1.165) is 6.07 Å². The van der Waals surface area contributed by atoms with Crippen LogP contribution in [0.15, 0.2) is 29.9 Å². The molecule has 0 aliphatic rings. The molecular formula is C15H15F7N2O2. The predicted molar refractivity (Wildman–Crippen MR) is 79.9 cm³/mol. The van der Waals surface area contributed by atoms with Crippen molar-refractivity contribution < 1.29 is 40.6 Å². The first-order valence-electron chi connectivity index (χ1n) is 7.09. The van der Waals surface area contributed by atoms with Gasteiger partial charge in [0.05, 0.1) is 12.8 Å². The molecule has 0 aromatic heterocycles. The number of rotatable bonds is 8. The van der Waals surface area contributed by atoms with Crippen molar-refractivity contribution in [1.29, 1.82) is 0 Å². The number of nitrogens with zero attached hydrogens (tertiary/aromatic N) is 1. The molecule has 146 valence electrons. The van der Waals surface area contributed by atoms with Gasteiger partial charge in [-0.3, -0.25) is 0 Å². The lowest BCUT2D eigenvalue weighted by molar-refractivity contribution is -0.361. The predicted octanol–water partition coefficient (Wildman–Crippen LogP) is 4.23. The van der Waals surface area contributed by atoms with Crippen molar-refractivity contribution in [2.24, 2.45) is 5.10 Å². The van der Waals surface area contributed by atoms with Crippen LogP contribution in [0, 0.1) is 0 Å². The zero-order chi connectivity index (χ0) is 20.2. The zero-order valence-corrected chi connectivity index (χ0v) is 13.4. The highest BCUT2D eigenvalue weighted by molar-refractivity contribution is 5.81. The van der Waals surface area contributed by atoms with Gasteiger partial charge in [0.1, 0.15) is 0 Å². The summed E-state index contributed by atoms with van der Waals surface area (Å²) in [5.41, 5.74) is 0.794. The number of phenols is 1. The van der Waals surface area contributed by atoms with Gasteiger partial charge in [0.25, 0.3) is 0 Å². The number of benzene rings is 1. The van der Waals surface area contributed by atoms with E-state index >= 15 is 0 Å². The molecule has 0 amide bonds. The molecule has 0 heterocycles. The fraction of sp³-hybridized carbons (Fsp3) is 0.400. The number of ether oxygens (including phenoxy) is 1. The number of hydrazone groups is 1. The molecule has 0 saturated heterocycles. The van der Waals surface area contributed by atoms with Gasteiger partial charge in [0, 0.05) is 5.56 Å². The summed E-state index contributed by atoms with van der Waals surface area (Å²) in [6.07, 6.45) is -4.29. The molecule has 2 N–H and O–H groups in total. The van der Waals surface area contributed by atoms with Crippen molar-refractivity contribution in [3.63, 3.8) is 0 Å². The van der Waals surface area contributed by atoms with E-state index in [2.05, 4.69) is 11.7 Å². The number of allylic oxidation sites excluding steroid dienone is 1. The summed E-state index contributed by atoms with van der Waals surface area (Å²) in [7, 11) is 0. The van der Waals surface area contributed by atoms with E-state index in [0.29, 0.717) is 11.6 Å².